The van der Waals surface area contributed by atoms with E-state index in [1.807, 2.05) is 77.1 Å². The number of hydrogen-bond acceptors (Lipinski definition) is 5. The van der Waals surface area contributed by atoms with Gasteiger partial charge in [0.15, 0.2) is 0 Å². The average molecular weight is 456 g/mol. The van der Waals surface area contributed by atoms with Crippen LogP contribution in [0.15, 0.2) is 53.2 Å². The Balaban J connectivity index is 1.84. The first-order valence-corrected chi connectivity index (χ1v) is 12.0. The van der Waals surface area contributed by atoms with Gasteiger partial charge in [-0.15, -0.1) is 22.7 Å². The van der Waals surface area contributed by atoms with Crippen molar-refractivity contribution in [2.24, 2.45) is 5.92 Å². The largest absolute Gasteiger partial charge is 0.377 e. The van der Waals surface area contributed by atoms with Crippen molar-refractivity contribution in [3.05, 3.63) is 68.5 Å². The summed E-state index contributed by atoms with van der Waals surface area (Å²) in [6.07, 6.45) is 0.413. The molecule has 1 N–H and O–H groups in total. The molecule has 0 unspecified atom stereocenters. The minimum absolute atomic E-state index is 0.119. The second-order valence-corrected chi connectivity index (χ2v) is 10.1. The van der Waals surface area contributed by atoms with Crippen molar-refractivity contribution in [1.82, 2.24) is 4.90 Å². The van der Waals surface area contributed by atoms with E-state index in [0.29, 0.717) is 30.3 Å². The quantitative estimate of drug-likeness (QED) is 0.473. The predicted octanol–water partition coefficient (Wildman–Crippen LogP) is 5.36. The molecule has 3 aromatic rings. The third-order valence-corrected chi connectivity index (χ3v) is 6.51. The summed E-state index contributed by atoms with van der Waals surface area (Å²) in [6, 6.07) is 13.5. The second-order valence-electron chi connectivity index (χ2n) is 8.09. The van der Waals surface area contributed by atoms with E-state index in [1.54, 1.807) is 11.3 Å². The van der Waals surface area contributed by atoms with Gasteiger partial charge in [-0.1, -0.05) is 26.0 Å². The number of rotatable bonds is 9. The van der Waals surface area contributed by atoms with Gasteiger partial charge in [-0.25, -0.2) is 0 Å². The summed E-state index contributed by atoms with van der Waals surface area (Å²) in [6.45, 7) is 5.42. The first-order chi connectivity index (χ1) is 14.8. The highest BCUT2D eigenvalue weighted by atomic mass is 32.1. The number of carbonyl (C=O) groups excluding carboxylic acids is 2. The molecule has 7 heteroatoms. The third kappa shape index (κ3) is 6.42. The Bertz CT molecular complexity index is 996. The molecule has 31 heavy (non-hydrogen) atoms. The molecule has 0 atom stereocenters. The maximum Gasteiger partial charge on any atom is 0.265 e. The number of benzene rings is 1. The highest BCUT2D eigenvalue weighted by molar-refractivity contribution is 7.12. The Labute approximate surface area is 192 Å². The van der Waals surface area contributed by atoms with Crippen molar-refractivity contribution in [1.29, 1.82) is 0 Å². The number of nitrogens with one attached hydrogen (secondary N) is 1. The smallest absolute Gasteiger partial charge is 0.265 e. The molecule has 0 aliphatic rings. The number of carbonyl (C=O) groups is 2. The summed E-state index contributed by atoms with van der Waals surface area (Å²) in [5, 5.41) is 6.87. The molecule has 0 spiro atoms. The molecule has 5 nitrogen and oxygen atoms in total. The van der Waals surface area contributed by atoms with Crippen molar-refractivity contribution < 1.29 is 9.59 Å². The highest BCUT2D eigenvalue weighted by Gasteiger charge is 2.19. The monoisotopic (exact) mass is 455 g/mol. The molecule has 0 saturated carbocycles. The zero-order valence-corrected chi connectivity index (χ0v) is 20.1. The van der Waals surface area contributed by atoms with Gasteiger partial charge >= 0.3 is 0 Å². The van der Waals surface area contributed by atoms with Crippen molar-refractivity contribution >= 4 is 45.9 Å². The molecule has 0 fully saturated rings. The fraction of sp³-hybridized carbons (Fsp3) is 0.333. The number of nitrogens with zero attached hydrogens (tertiary/aromatic N) is 2. The molecule has 0 radical (unpaired) electrons. The number of anilines is 2. The van der Waals surface area contributed by atoms with E-state index >= 15 is 0 Å². The molecule has 0 aliphatic carbocycles. The van der Waals surface area contributed by atoms with Gasteiger partial charge in [0, 0.05) is 43.4 Å². The van der Waals surface area contributed by atoms with Crippen molar-refractivity contribution in [3.8, 4) is 0 Å². The standard InChI is InChI=1S/C24H29N3O2S2/c1-17(2)15-27(23(28)14-20-7-5-11-30-20)16-18-13-19(9-10-21(18)26(3)4)25-24(29)22-8-6-12-31-22/h5-13,17H,14-16H2,1-4H3,(H,25,29). The Kier molecular flexibility index (Phi) is 7.87. The van der Waals surface area contributed by atoms with Gasteiger partial charge in [0.2, 0.25) is 5.91 Å². The number of hydrogen-bond donors (Lipinski definition) is 1. The summed E-state index contributed by atoms with van der Waals surface area (Å²) in [4.78, 5) is 31.3. The molecule has 0 saturated heterocycles. The van der Waals surface area contributed by atoms with Crippen LogP contribution in [0.25, 0.3) is 0 Å². The normalized spacial score (nSPS) is 10.9. The van der Waals surface area contributed by atoms with E-state index in [4.69, 9.17) is 0 Å². The maximum atomic E-state index is 13.1. The molecule has 0 bridgehead atoms. The number of amides is 2. The molecule has 0 aliphatic heterocycles. The van der Waals surface area contributed by atoms with Crippen LogP contribution in [0.3, 0.4) is 0 Å². The topological polar surface area (TPSA) is 52.7 Å². The van der Waals surface area contributed by atoms with Crippen LogP contribution in [0.4, 0.5) is 11.4 Å². The lowest BCUT2D eigenvalue weighted by molar-refractivity contribution is -0.131. The summed E-state index contributed by atoms with van der Waals surface area (Å²) < 4.78 is 0. The highest BCUT2D eigenvalue weighted by Crippen LogP contribution is 2.26. The lowest BCUT2D eigenvalue weighted by Crippen LogP contribution is -2.35. The van der Waals surface area contributed by atoms with Gasteiger partial charge in [-0.3, -0.25) is 9.59 Å². The fourth-order valence-electron chi connectivity index (χ4n) is 3.40. The first-order valence-electron chi connectivity index (χ1n) is 10.3. The molecule has 2 heterocycles. The molecular formula is C24H29N3O2S2. The molecular weight excluding hydrogens is 426 g/mol. The summed E-state index contributed by atoms with van der Waals surface area (Å²) in [5.41, 5.74) is 2.77. The minimum Gasteiger partial charge on any atom is -0.377 e. The van der Waals surface area contributed by atoms with E-state index in [-0.39, 0.29) is 11.8 Å². The van der Waals surface area contributed by atoms with Crippen LogP contribution in [-0.4, -0.2) is 37.4 Å². The fourth-order valence-corrected chi connectivity index (χ4v) is 4.72. The van der Waals surface area contributed by atoms with Gasteiger partial charge in [0.05, 0.1) is 11.3 Å². The van der Waals surface area contributed by atoms with Crippen LogP contribution >= 0.6 is 22.7 Å². The molecule has 3 rings (SSSR count). The SMILES string of the molecule is CC(C)CN(Cc1cc(NC(=O)c2cccs2)ccc1N(C)C)C(=O)Cc1cccs1. The summed E-state index contributed by atoms with van der Waals surface area (Å²) >= 11 is 3.02. The molecule has 1 aromatic carbocycles. The van der Waals surface area contributed by atoms with E-state index in [0.717, 1.165) is 21.8 Å². The van der Waals surface area contributed by atoms with Crippen LogP contribution < -0.4 is 10.2 Å². The van der Waals surface area contributed by atoms with E-state index in [2.05, 4.69) is 19.2 Å². The zero-order valence-electron chi connectivity index (χ0n) is 18.4. The van der Waals surface area contributed by atoms with Crippen molar-refractivity contribution in [2.75, 3.05) is 30.9 Å². The van der Waals surface area contributed by atoms with Crippen molar-refractivity contribution in [3.63, 3.8) is 0 Å². The van der Waals surface area contributed by atoms with Gasteiger partial charge < -0.3 is 15.1 Å². The van der Waals surface area contributed by atoms with E-state index in [1.165, 1.54) is 11.3 Å². The Morgan fingerprint density at radius 3 is 2.39 bits per heavy atom. The van der Waals surface area contributed by atoms with Gasteiger partial charge in [-0.2, -0.15) is 0 Å². The Morgan fingerprint density at radius 1 is 1.03 bits per heavy atom. The van der Waals surface area contributed by atoms with Crippen LogP contribution in [-0.2, 0) is 17.8 Å². The van der Waals surface area contributed by atoms with Gasteiger partial charge in [-0.05, 0) is 52.6 Å². The molecule has 164 valence electrons. The Morgan fingerprint density at radius 2 is 1.77 bits per heavy atom. The average Bonchev–Trinajstić information content (AvgIpc) is 3.41. The van der Waals surface area contributed by atoms with E-state index in [9.17, 15) is 9.59 Å². The minimum atomic E-state index is -0.119. The summed E-state index contributed by atoms with van der Waals surface area (Å²) in [5.74, 6) is 0.358. The van der Waals surface area contributed by atoms with Crippen LogP contribution in [0.2, 0.25) is 0 Å². The third-order valence-electron chi connectivity index (χ3n) is 4.77. The maximum absolute atomic E-state index is 13.1. The van der Waals surface area contributed by atoms with Crippen molar-refractivity contribution in [2.45, 2.75) is 26.8 Å². The van der Waals surface area contributed by atoms with E-state index < -0.39 is 0 Å². The Hall–Kier alpha value is -2.64. The van der Waals surface area contributed by atoms with Gasteiger partial charge in [0.1, 0.15) is 0 Å². The summed E-state index contributed by atoms with van der Waals surface area (Å²) in [7, 11) is 3.98. The molecule has 2 aromatic heterocycles. The van der Waals surface area contributed by atoms with Crippen LogP contribution in [0.1, 0.15) is 34.0 Å². The first kappa shape index (κ1) is 23.0. The molecule has 2 amide bonds. The lowest BCUT2D eigenvalue weighted by Gasteiger charge is -2.27. The van der Waals surface area contributed by atoms with Crippen LogP contribution in [0.5, 0.6) is 0 Å². The second kappa shape index (κ2) is 10.6. The van der Waals surface area contributed by atoms with Gasteiger partial charge in [0.25, 0.3) is 5.91 Å². The van der Waals surface area contributed by atoms with Crippen LogP contribution in [0, 0.1) is 5.92 Å². The zero-order chi connectivity index (χ0) is 22.4. The predicted molar refractivity (Wildman–Crippen MR) is 131 cm³/mol. The lowest BCUT2D eigenvalue weighted by atomic mass is 10.1. The number of thiophene rings is 2.